The highest BCUT2D eigenvalue weighted by atomic mass is 35.5. The van der Waals surface area contributed by atoms with Gasteiger partial charge >= 0.3 is 17.6 Å². The van der Waals surface area contributed by atoms with Crippen LogP contribution >= 0.6 is 11.6 Å². The van der Waals surface area contributed by atoms with Crippen molar-refractivity contribution in [2.75, 3.05) is 0 Å². The van der Waals surface area contributed by atoms with Gasteiger partial charge in [0.2, 0.25) is 0 Å². The zero-order valence-corrected chi connectivity index (χ0v) is 20.7. The number of nitro benzene ring substituents is 1. The molecule has 0 spiro atoms. The highest BCUT2D eigenvalue weighted by Gasteiger charge is 2.47. The van der Waals surface area contributed by atoms with Crippen molar-refractivity contribution in [2.45, 2.75) is 65.0 Å². The van der Waals surface area contributed by atoms with Gasteiger partial charge in [-0.25, -0.2) is 0 Å². The molecule has 9 nitrogen and oxygen atoms in total. The molecule has 10 heteroatoms. The van der Waals surface area contributed by atoms with E-state index in [1.54, 1.807) is 18.2 Å². The number of carbonyl (C=O) groups is 2. The predicted molar refractivity (Wildman–Crippen MR) is 127 cm³/mol. The van der Waals surface area contributed by atoms with Crippen LogP contribution in [0.15, 0.2) is 36.4 Å². The summed E-state index contributed by atoms with van der Waals surface area (Å²) in [5, 5.41) is 21.4. The van der Waals surface area contributed by atoms with Gasteiger partial charge in [-0.3, -0.25) is 19.7 Å². The summed E-state index contributed by atoms with van der Waals surface area (Å²) >= 11 is 6.44. The Morgan fingerprint density at radius 2 is 1.77 bits per heavy atom. The summed E-state index contributed by atoms with van der Waals surface area (Å²) in [5.41, 5.74) is 1.58. The lowest BCUT2D eigenvalue weighted by Gasteiger charge is -2.44. The molecule has 1 saturated heterocycles. The SMILES string of the molecule is CCC1O[C@@H](c2ccc(Cl)c(Cc3ccc(O)c([N+](=O)[O-])c3)c2)C(OC(C)=O)[C@@H](C)C1OC(C)=O. The maximum Gasteiger partial charge on any atom is 0.310 e. The van der Waals surface area contributed by atoms with Crippen LogP contribution in [0.25, 0.3) is 0 Å². The first-order chi connectivity index (χ1) is 16.5. The molecule has 3 rings (SSSR count). The van der Waals surface area contributed by atoms with Crippen molar-refractivity contribution in [2.24, 2.45) is 5.92 Å². The van der Waals surface area contributed by atoms with Crippen molar-refractivity contribution in [3.8, 4) is 5.75 Å². The number of aromatic hydroxyl groups is 1. The van der Waals surface area contributed by atoms with Gasteiger partial charge in [0.25, 0.3) is 0 Å². The Kier molecular flexibility index (Phi) is 8.34. The third-order valence-corrected chi connectivity index (χ3v) is 6.43. The summed E-state index contributed by atoms with van der Waals surface area (Å²) < 4.78 is 17.5. The van der Waals surface area contributed by atoms with E-state index >= 15 is 0 Å². The number of esters is 2. The highest BCUT2D eigenvalue weighted by molar-refractivity contribution is 6.31. The van der Waals surface area contributed by atoms with E-state index in [4.69, 9.17) is 25.8 Å². The van der Waals surface area contributed by atoms with Crippen molar-refractivity contribution < 1.29 is 33.8 Å². The number of carbonyl (C=O) groups excluding carboxylic acids is 2. The second kappa shape index (κ2) is 11.0. The van der Waals surface area contributed by atoms with Crippen LogP contribution in [-0.4, -0.2) is 40.3 Å². The number of phenolic OH excluding ortho intramolecular Hbond substituents is 1. The molecular formula is C25H28ClNO8. The van der Waals surface area contributed by atoms with Gasteiger partial charge in [0.05, 0.1) is 11.0 Å². The molecule has 0 saturated carbocycles. The molecule has 0 radical (unpaired) electrons. The van der Waals surface area contributed by atoms with Crippen molar-refractivity contribution >= 4 is 29.2 Å². The fourth-order valence-corrected chi connectivity index (χ4v) is 4.61. The van der Waals surface area contributed by atoms with Crippen LogP contribution in [0.1, 0.15) is 56.9 Å². The Hall–Kier alpha value is -3.17. The minimum absolute atomic E-state index is 0.265. The molecule has 1 fully saturated rings. The van der Waals surface area contributed by atoms with Crippen LogP contribution in [0, 0.1) is 16.0 Å². The number of halogens is 1. The molecule has 0 bridgehead atoms. The summed E-state index contributed by atoms with van der Waals surface area (Å²) in [5.74, 6) is -1.69. The summed E-state index contributed by atoms with van der Waals surface area (Å²) in [4.78, 5) is 34.1. The van der Waals surface area contributed by atoms with E-state index in [1.165, 1.54) is 26.0 Å². The first-order valence-corrected chi connectivity index (χ1v) is 11.6. The normalized spacial score (nSPS) is 24.0. The van der Waals surface area contributed by atoms with Gasteiger partial charge < -0.3 is 19.3 Å². The summed E-state index contributed by atoms with van der Waals surface area (Å²) in [6.45, 7) is 6.40. The van der Waals surface area contributed by atoms with Gasteiger partial charge in [-0.1, -0.05) is 43.6 Å². The maximum absolute atomic E-state index is 11.9. The van der Waals surface area contributed by atoms with Crippen LogP contribution < -0.4 is 0 Å². The number of hydrogen-bond donors (Lipinski definition) is 1. The first-order valence-electron chi connectivity index (χ1n) is 11.3. The van der Waals surface area contributed by atoms with E-state index in [0.717, 1.165) is 0 Å². The zero-order chi connectivity index (χ0) is 25.9. The lowest BCUT2D eigenvalue weighted by Crippen LogP contribution is -2.52. The first kappa shape index (κ1) is 26.4. The number of hydrogen-bond acceptors (Lipinski definition) is 8. The molecule has 5 atom stereocenters. The molecule has 2 aromatic rings. The molecule has 1 N–H and O–H groups in total. The largest absolute Gasteiger partial charge is 0.502 e. The van der Waals surface area contributed by atoms with Gasteiger partial charge in [0.1, 0.15) is 18.3 Å². The highest BCUT2D eigenvalue weighted by Crippen LogP contribution is 2.41. The van der Waals surface area contributed by atoms with Crippen molar-refractivity contribution in [1.82, 2.24) is 0 Å². The van der Waals surface area contributed by atoms with Gasteiger partial charge in [0, 0.05) is 30.9 Å². The van der Waals surface area contributed by atoms with E-state index in [2.05, 4.69) is 0 Å². The zero-order valence-electron chi connectivity index (χ0n) is 19.9. The molecule has 1 heterocycles. The van der Waals surface area contributed by atoms with Crippen molar-refractivity contribution in [1.29, 1.82) is 0 Å². The molecule has 0 amide bonds. The average Bonchev–Trinajstić information content (AvgIpc) is 2.78. The molecule has 0 aliphatic carbocycles. The number of benzene rings is 2. The fourth-order valence-electron chi connectivity index (χ4n) is 4.43. The van der Waals surface area contributed by atoms with Crippen molar-refractivity contribution in [3.05, 3.63) is 68.2 Å². The number of nitrogens with zero attached hydrogens (tertiary/aromatic N) is 1. The lowest BCUT2D eigenvalue weighted by molar-refractivity contribution is -0.385. The summed E-state index contributed by atoms with van der Waals surface area (Å²) in [6, 6.07) is 9.44. The minimum Gasteiger partial charge on any atom is -0.502 e. The Balaban J connectivity index is 1.97. The second-order valence-corrected chi connectivity index (χ2v) is 9.03. The third-order valence-electron chi connectivity index (χ3n) is 6.06. The van der Waals surface area contributed by atoms with E-state index in [-0.39, 0.29) is 12.3 Å². The number of phenols is 1. The van der Waals surface area contributed by atoms with Gasteiger partial charge in [-0.05, 0) is 41.7 Å². The average molecular weight is 506 g/mol. The van der Waals surface area contributed by atoms with Gasteiger partial charge in [-0.2, -0.15) is 0 Å². The molecule has 1 aliphatic rings. The molecule has 35 heavy (non-hydrogen) atoms. The third kappa shape index (κ3) is 6.10. The molecule has 0 aromatic heterocycles. The van der Waals surface area contributed by atoms with Crippen LogP contribution in [0.5, 0.6) is 5.75 Å². The molecule has 1 aliphatic heterocycles. The smallest absolute Gasteiger partial charge is 0.310 e. The van der Waals surface area contributed by atoms with Crippen LogP contribution in [0.3, 0.4) is 0 Å². The standard InChI is InChI=1S/C25H28ClNO8/c1-5-22-23(33-14(3)28)13(2)24(34-15(4)29)25(35-22)17-7-8-19(26)18(12-17)10-16-6-9-21(30)20(11-16)27(31)32/h6-9,11-13,22-25,30H,5,10H2,1-4H3/t13-,22?,23?,24?,25-/m0/s1. The van der Waals surface area contributed by atoms with Gasteiger partial charge in [-0.15, -0.1) is 0 Å². The quantitative estimate of drug-likeness (QED) is 0.320. The van der Waals surface area contributed by atoms with E-state index in [1.807, 2.05) is 19.9 Å². The lowest BCUT2D eigenvalue weighted by atomic mass is 9.83. The topological polar surface area (TPSA) is 125 Å². The van der Waals surface area contributed by atoms with Gasteiger partial charge in [0.15, 0.2) is 5.75 Å². The Bertz CT molecular complexity index is 1120. The predicted octanol–water partition coefficient (Wildman–Crippen LogP) is 4.89. The van der Waals surface area contributed by atoms with E-state index < -0.39 is 52.7 Å². The Labute approximate surface area is 208 Å². The molecular weight excluding hydrogens is 478 g/mol. The molecule has 188 valence electrons. The summed E-state index contributed by atoms with van der Waals surface area (Å²) in [6.07, 6.45) is -1.52. The monoisotopic (exact) mass is 505 g/mol. The summed E-state index contributed by atoms with van der Waals surface area (Å²) in [7, 11) is 0. The molecule has 2 aromatic carbocycles. The Morgan fingerprint density at radius 3 is 2.37 bits per heavy atom. The second-order valence-electron chi connectivity index (χ2n) is 8.62. The fraction of sp³-hybridized carbons (Fsp3) is 0.440. The molecule has 3 unspecified atom stereocenters. The Morgan fingerprint density at radius 1 is 1.11 bits per heavy atom. The van der Waals surface area contributed by atoms with E-state index in [0.29, 0.717) is 28.1 Å². The van der Waals surface area contributed by atoms with Crippen LogP contribution in [0.4, 0.5) is 5.69 Å². The van der Waals surface area contributed by atoms with Crippen molar-refractivity contribution in [3.63, 3.8) is 0 Å². The van der Waals surface area contributed by atoms with E-state index in [9.17, 15) is 24.8 Å². The maximum atomic E-state index is 11.9. The number of nitro groups is 1. The van der Waals surface area contributed by atoms with Crippen LogP contribution in [0.2, 0.25) is 5.02 Å². The van der Waals surface area contributed by atoms with Crippen LogP contribution in [-0.2, 0) is 30.2 Å². The number of ether oxygens (including phenoxy) is 3. The number of rotatable bonds is 7. The minimum atomic E-state index is -0.719.